The topological polar surface area (TPSA) is 33.2 Å². The van der Waals surface area contributed by atoms with Gasteiger partial charge in [0, 0.05) is 28.5 Å². The van der Waals surface area contributed by atoms with Gasteiger partial charge in [-0.1, -0.05) is 29.3 Å². The molecule has 25 heavy (non-hydrogen) atoms. The number of aromatic nitrogens is 1. The van der Waals surface area contributed by atoms with Crippen LogP contribution in [0.15, 0.2) is 54.6 Å². The molecule has 5 heteroatoms. The minimum Gasteiger partial charge on any atom is -0.311 e. The van der Waals surface area contributed by atoms with Crippen LogP contribution < -0.4 is 4.90 Å². The van der Waals surface area contributed by atoms with Crippen molar-refractivity contribution in [2.45, 2.75) is 6.92 Å². The summed E-state index contributed by atoms with van der Waals surface area (Å²) in [6, 6.07) is 17.5. The number of aryl methyl sites for hydroxylation is 1. The Balaban J connectivity index is 1.75. The molecule has 0 spiro atoms. The number of benzene rings is 2. The molecule has 0 radical (unpaired) electrons. The molecule has 2 aromatic heterocycles. The van der Waals surface area contributed by atoms with Gasteiger partial charge in [-0.2, -0.15) is 0 Å². The maximum atomic E-state index is 12.8. The van der Waals surface area contributed by atoms with Gasteiger partial charge in [-0.05, 0) is 49.4 Å². The van der Waals surface area contributed by atoms with Gasteiger partial charge in [0.25, 0.3) is 5.91 Å². The minimum atomic E-state index is -0.0643. The van der Waals surface area contributed by atoms with E-state index in [0.717, 1.165) is 26.8 Å². The van der Waals surface area contributed by atoms with E-state index in [1.54, 1.807) is 24.1 Å². The van der Waals surface area contributed by atoms with Gasteiger partial charge in [-0.15, -0.1) is 11.3 Å². The number of anilines is 1. The third-order valence-electron chi connectivity index (χ3n) is 4.17. The maximum absolute atomic E-state index is 12.8. The molecule has 0 aliphatic rings. The quantitative estimate of drug-likeness (QED) is 0.456. The van der Waals surface area contributed by atoms with E-state index in [4.69, 9.17) is 16.6 Å². The first-order chi connectivity index (χ1) is 12.0. The van der Waals surface area contributed by atoms with Crippen LogP contribution >= 0.6 is 22.9 Å². The Kier molecular flexibility index (Phi) is 3.94. The number of pyridine rings is 1. The predicted molar refractivity (Wildman–Crippen MR) is 106 cm³/mol. The molecular weight excluding hydrogens is 352 g/mol. The molecule has 124 valence electrons. The van der Waals surface area contributed by atoms with Crippen molar-refractivity contribution in [3.05, 3.63) is 70.1 Å². The highest BCUT2D eigenvalue weighted by Gasteiger charge is 2.17. The van der Waals surface area contributed by atoms with Crippen LogP contribution in [-0.4, -0.2) is 17.9 Å². The SMILES string of the molecule is Cc1ccc2nc3sc(C(=O)N(C)c4cccc(Cl)c4)cc3cc2c1. The molecule has 4 aromatic rings. The molecule has 2 aromatic carbocycles. The van der Waals surface area contributed by atoms with Crippen LogP contribution in [0.25, 0.3) is 21.1 Å². The number of halogens is 1. The van der Waals surface area contributed by atoms with Crippen molar-refractivity contribution >= 4 is 55.7 Å². The summed E-state index contributed by atoms with van der Waals surface area (Å²) in [5, 5.41) is 2.69. The third-order valence-corrected chi connectivity index (χ3v) is 5.43. The van der Waals surface area contributed by atoms with Gasteiger partial charge in [0.2, 0.25) is 0 Å². The molecule has 0 saturated carbocycles. The van der Waals surface area contributed by atoms with Crippen molar-refractivity contribution in [1.29, 1.82) is 0 Å². The summed E-state index contributed by atoms with van der Waals surface area (Å²) in [7, 11) is 1.76. The van der Waals surface area contributed by atoms with Gasteiger partial charge in [-0.25, -0.2) is 4.98 Å². The lowest BCUT2D eigenvalue weighted by Crippen LogP contribution is -2.25. The number of rotatable bonds is 2. The van der Waals surface area contributed by atoms with Crippen LogP contribution in [-0.2, 0) is 0 Å². The average molecular weight is 367 g/mol. The van der Waals surface area contributed by atoms with E-state index in [-0.39, 0.29) is 5.91 Å². The van der Waals surface area contributed by atoms with Crippen molar-refractivity contribution in [2.75, 3.05) is 11.9 Å². The first-order valence-electron chi connectivity index (χ1n) is 7.86. The summed E-state index contributed by atoms with van der Waals surface area (Å²) in [4.78, 5) is 20.7. The molecule has 4 rings (SSSR count). The normalized spacial score (nSPS) is 11.2. The first-order valence-corrected chi connectivity index (χ1v) is 9.05. The summed E-state index contributed by atoms with van der Waals surface area (Å²) in [5.74, 6) is -0.0643. The molecule has 2 heterocycles. The molecule has 1 amide bonds. The van der Waals surface area contributed by atoms with Crippen LogP contribution in [0.3, 0.4) is 0 Å². The Morgan fingerprint density at radius 3 is 2.72 bits per heavy atom. The van der Waals surface area contributed by atoms with Crippen molar-refractivity contribution in [1.82, 2.24) is 4.98 Å². The second-order valence-electron chi connectivity index (χ2n) is 6.03. The number of fused-ring (bicyclic) bond motifs is 2. The van der Waals surface area contributed by atoms with Gasteiger partial charge < -0.3 is 4.90 Å². The number of nitrogens with zero attached hydrogens (tertiary/aromatic N) is 2. The highest BCUT2D eigenvalue weighted by molar-refractivity contribution is 7.20. The molecule has 0 fully saturated rings. The smallest absolute Gasteiger partial charge is 0.268 e. The van der Waals surface area contributed by atoms with Crippen molar-refractivity contribution in [3.63, 3.8) is 0 Å². The molecule has 0 N–H and O–H groups in total. The molecule has 0 aliphatic heterocycles. The standard InChI is InChI=1S/C20H15ClN2OS/c1-12-6-7-17-13(8-12)9-14-10-18(25-19(14)22-17)20(24)23(2)16-5-3-4-15(21)11-16/h3-11H,1-2H3. The summed E-state index contributed by atoms with van der Waals surface area (Å²) in [6.45, 7) is 2.06. The fraction of sp³-hybridized carbons (Fsp3) is 0.100. The molecule has 0 saturated heterocycles. The molecule has 0 aliphatic carbocycles. The van der Waals surface area contributed by atoms with E-state index in [1.807, 2.05) is 30.3 Å². The highest BCUT2D eigenvalue weighted by atomic mass is 35.5. The second kappa shape index (κ2) is 6.14. The summed E-state index contributed by atoms with van der Waals surface area (Å²) >= 11 is 7.45. The Morgan fingerprint density at radius 1 is 1.08 bits per heavy atom. The van der Waals surface area contributed by atoms with Crippen LogP contribution in [0, 0.1) is 6.92 Å². The lowest BCUT2D eigenvalue weighted by Gasteiger charge is -2.16. The fourth-order valence-electron chi connectivity index (χ4n) is 2.83. The Labute approximate surface area is 154 Å². The number of amides is 1. The van der Waals surface area contributed by atoms with Crippen LogP contribution in [0.1, 0.15) is 15.2 Å². The van der Waals surface area contributed by atoms with E-state index < -0.39 is 0 Å². The van der Waals surface area contributed by atoms with Gasteiger partial charge in [0.15, 0.2) is 0 Å². The predicted octanol–water partition coefficient (Wildman–Crippen LogP) is 5.69. The number of carbonyl (C=O) groups is 1. The Morgan fingerprint density at radius 2 is 1.92 bits per heavy atom. The van der Waals surface area contributed by atoms with Gasteiger partial charge >= 0.3 is 0 Å². The molecule has 0 atom stereocenters. The largest absolute Gasteiger partial charge is 0.311 e. The number of thiophene rings is 1. The minimum absolute atomic E-state index is 0.0643. The number of carbonyl (C=O) groups excluding carboxylic acids is 1. The van der Waals surface area contributed by atoms with E-state index in [2.05, 4.69) is 19.1 Å². The molecular formula is C20H15ClN2OS. The van der Waals surface area contributed by atoms with Gasteiger partial charge in [-0.3, -0.25) is 4.79 Å². The van der Waals surface area contributed by atoms with E-state index in [9.17, 15) is 4.79 Å². The Bertz CT molecular complexity index is 1120. The maximum Gasteiger partial charge on any atom is 0.268 e. The molecule has 0 bridgehead atoms. The van der Waals surface area contributed by atoms with E-state index in [1.165, 1.54) is 16.9 Å². The number of hydrogen-bond acceptors (Lipinski definition) is 3. The van der Waals surface area contributed by atoms with Crippen LogP contribution in [0.4, 0.5) is 5.69 Å². The van der Waals surface area contributed by atoms with Crippen LogP contribution in [0.2, 0.25) is 5.02 Å². The molecule has 3 nitrogen and oxygen atoms in total. The van der Waals surface area contributed by atoms with E-state index >= 15 is 0 Å². The second-order valence-corrected chi connectivity index (χ2v) is 7.50. The van der Waals surface area contributed by atoms with Crippen molar-refractivity contribution in [2.24, 2.45) is 0 Å². The zero-order valence-electron chi connectivity index (χ0n) is 13.8. The van der Waals surface area contributed by atoms with Gasteiger partial charge in [0.05, 0.1) is 10.4 Å². The highest BCUT2D eigenvalue weighted by Crippen LogP contribution is 2.29. The van der Waals surface area contributed by atoms with Crippen LogP contribution in [0.5, 0.6) is 0 Å². The summed E-state index contributed by atoms with van der Waals surface area (Å²) in [5.41, 5.74) is 2.91. The van der Waals surface area contributed by atoms with Crippen molar-refractivity contribution in [3.8, 4) is 0 Å². The molecule has 0 unspecified atom stereocenters. The van der Waals surface area contributed by atoms with Crippen molar-refractivity contribution < 1.29 is 4.79 Å². The lowest BCUT2D eigenvalue weighted by atomic mass is 10.1. The lowest BCUT2D eigenvalue weighted by molar-refractivity contribution is 0.0997. The zero-order chi connectivity index (χ0) is 17.6. The first kappa shape index (κ1) is 16.1. The Hall–Kier alpha value is -2.43. The fourth-order valence-corrected chi connectivity index (χ4v) is 4.01. The zero-order valence-corrected chi connectivity index (χ0v) is 15.4. The van der Waals surface area contributed by atoms with Gasteiger partial charge in [0.1, 0.15) is 4.83 Å². The summed E-state index contributed by atoms with van der Waals surface area (Å²) < 4.78 is 0. The average Bonchev–Trinajstić information content (AvgIpc) is 3.01. The monoisotopic (exact) mass is 366 g/mol. The third kappa shape index (κ3) is 2.99. The van der Waals surface area contributed by atoms with E-state index in [0.29, 0.717) is 9.90 Å². The number of hydrogen-bond donors (Lipinski definition) is 0. The summed E-state index contributed by atoms with van der Waals surface area (Å²) in [6.07, 6.45) is 0.